The molecule has 0 fully saturated rings. The van der Waals surface area contributed by atoms with Crippen molar-refractivity contribution in [2.75, 3.05) is 11.3 Å². The number of benzene rings is 2. The van der Waals surface area contributed by atoms with Gasteiger partial charge in [0.05, 0.1) is 18.4 Å². The summed E-state index contributed by atoms with van der Waals surface area (Å²) in [7, 11) is -5.71. The van der Waals surface area contributed by atoms with Gasteiger partial charge in [-0.2, -0.15) is 21.6 Å². The summed E-state index contributed by atoms with van der Waals surface area (Å²) in [4.78, 5) is 4.32. The summed E-state index contributed by atoms with van der Waals surface area (Å²) < 4.78 is 83.0. The molecule has 1 aliphatic rings. The molecule has 11 heteroatoms. The van der Waals surface area contributed by atoms with E-state index in [1.54, 1.807) is 12.3 Å². The average Bonchev–Trinajstić information content (AvgIpc) is 2.79. The summed E-state index contributed by atoms with van der Waals surface area (Å²) in [6.07, 6.45) is 0.747. The number of alkyl halides is 3. The smallest absolute Gasteiger partial charge is 0.493 e. The van der Waals surface area contributed by atoms with Crippen LogP contribution < -0.4 is 9.46 Å². The standard InChI is InChI=1S/C23H20F4N2O4S/c1-13(19-4-2-3-9-28-19)18-12-33-21-10-14(5-7-16(21)22(18)30)17-11-15(24)6-8-20(17)29-34(31,32)23(25,26)27/h2-11,13,18,22,29-30H,12H2,1H3/t13-,18-,22+/m1/s1. The van der Waals surface area contributed by atoms with Crippen LogP contribution in [0.3, 0.4) is 0 Å². The van der Waals surface area contributed by atoms with Crippen LogP contribution in [0.4, 0.5) is 23.2 Å². The lowest BCUT2D eigenvalue weighted by molar-refractivity contribution is -0.0429. The summed E-state index contributed by atoms with van der Waals surface area (Å²) in [5.74, 6) is -0.941. The molecular formula is C23H20F4N2O4S. The molecule has 0 amide bonds. The number of nitrogens with zero attached hydrogens (tertiary/aromatic N) is 1. The Kier molecular flexibility index (Phi) is 6.26. The molecule has 0 saturated carbocycles. The maximum atomic E-state index is 13.9. The average molecular weight is 496 g/mol. The van der Waals surface area contributed by atoms with Crippen LogP contribution in [0, 0.1) is 11.7 Å². The van der Waals surface area contributed by atoms with Crippen LogP contribution in [0.15, 0.2) is 60.8 Å². The Labute approximate surface area is 193 Å². The molecule has 3 atom stereocenters. The van der Waals surface area contributed by atoms with Crippen LogP contribution in [0.25, 0.3) is 11.1 Å². The SMILES string of the molecule is C[C@@H](c1ccccn1)[C@H]1COc2cc(-c3cc(F)ccc3NS(=O)(=O)C(F)(F)F)ccc2[C@@H]1O. The fourth-order valence-corrected chi connectivity index (χ4v) is 4.49. The van der Waals surface area contributed by atoms with E-state index in [0.29, 0.717) is 5.56 Å². The highest BCUT2D eigenvalue weighted by atomic mass is 32.2. The van der Waals surface area contributed by atoms with Gasteiger partial charge >= 0.3 is 15.5 Å². The summed E-state index contributed by atoms with van der Waals surface area (Å²) in [6, 6.07) is 12.6. The monoisotopic (exact) mass is 496 g/mol. The minimum absolute atomic E-state index is 0.113. The van der Waals surface area contributed by atoms with Gasteiger partial charge < -0.3 is 9.84 Å². The van der Waals surface area contributed by atoms with Gasteiger partial charge in [0.2, 0.25) is 0 Å². The van der Waals surface area contributed by atoms with Crippen molar-refractivity contribution in [2.45, 2.75) is 24.5 Å². The second-order valence-electron chi connectivity index (χ2n) is 7.96. The first-order chi connectivity index (χ1) is 16.0. The maximum Gasteiger partial charge on any atom is 0.516 e. The topological polar surface area (TPSA) is 88.5 Å². The first-order valence-corrected chi connectivity index (χ1v) is 11.7. The van der Waals surface area contributed by atoms with Crippen molar-refractivity contribution in [1.29, 1.82) is 0 Å². The van der Waals surface area contributed by atoms with Gasteiger partial charge in [-0.1, -0.05) is 25.1 Å². The number of hydrogen-bond acceptors (Lipinski definition) is 5. The van der Waals surface area contributed by atoms with Crippen molar-refractivity contribution in [3.63, 3.8) is 0 Å². The molecule has 180 valence electrons. The predicted molar refractivity (Wildman–Crippen MR) is 117 cm³/mol. The molecule has 6 nitrogen and oxygen atoms in total. The van der Waals surface area contributed by atoms with Gasteiger partial charge in [-0.15, -0.1) is 0 Å². The van der Waals surface area contributed by atoms with Gasteiger partial charge in [0.1, 0.15) is 11.6 Å². The quantitative estimate of drug-likeness (QED) is 0.486. The lowest BCUT2D eigenvalue weighted by Gasteiger charge is -2.34. The summed E-state index contributed by atoms with van der Waals surface area (Å²) in [5, 5.41) is 11.0. The Morgan fingerprint density at radius 3 is 2.59 bits per heavy atom. The molecule has 2 aromatic carbocycles. The third kappa shape index (κ3) is 4.58. The summed E-state index contributed by atoms with van der Waals surface area (Å²) in [6.45, 7) is 2.07. The Morgan fingerprint density at radius 2 is 1.91 bits per heavy atom. The minimum atomic E-state index is -5.71. The Hall–Kier alpha value is -3.18. The zero-order valence-corrected chi connectivity index (χ0v) is 18.6. The molecule has 2 N–H and O–H groups in total. The van der Waals surface area contributed by atoms with E-state index in [1.807, 2.05) is 19.1 Å². The van der Waals surface area contributed by atoms with Crippen LogP contribution in [0.5, 0.6) is 5.75 Å². The van der Waals surface area contributed by atoms with Gasteiger partial charge in [0.15, 0.2) is 0 Å². The molecule has 1 aliphatic heterocycles. The third-order valence-corrected chi connectivity index (χ3v) is 6.91. The second-order valence-corrected chi connectivity index (χ2v) is 9.63. The Morgan fingerprint density at radius 1 is 1.15 bits per heavy atom. The van der Waals surface area contributed by atoms with Crippen LogP contribution in [-0.4, -0.2) is 30.6 Å². The van der Waals surface area contributed by atoms with E-state index in [-0.39, 0.29) is 35.3 Å². The van der Waals surface area contributed by atoms with Crippen LogP contribution >= 0.6 is 0 Å². The summed E-state index contributed by atoms with van der Waals surface area (Å²) >= 11 is 0. The lowest BCUT2D eigenvalue weighted by Crippen LogP contribution is -2.30. The summed E-state index contributed by atoms with van der Waals surface area (Å²) in [5.41, 5.74) is -4.65. The molecule has 0 radical (unpaired) electrons. The Bertz CT molecular complexity index is 1300. The van der Waals surface area contributed by atoms with Crippen molar-refractivity contribution in [3.8, 4) is 16.9 Å². The molecule has 0 aliphatic carbocycles. The number of hydrogen-bond donors (Lipinski definition) is 2. The highest BCUT2D eigenvalue weighted by Crippen LogP contribution is 2.44. The van der Waals surface area contributed by atoms with Crippen LogP contribution in [0.2, 0.25) is 0 Å². The molecule has 1 aromatic heterocycles. The lowest BCUT2D eigenvalue weighted by atomic mass is 9.82. The van der Waals surface area contributed by atoms with E-state index in [9.17, 15) is 31.1 Å². The normalized spacial score (nSPS) is 19.1. The van der Waals surface area contributed by atoms with Crippen molar-refractivity contribution in [2.24, 2.45) is 5.92 Å². The number of aromatic nitrogens is 1. The number of anilines is 1. The number of halogens is 4. The van der Waals surface area contributed by atoms with Crippen molar-refractivity contribution in [1.82, 2.24) is 4.98 Å². The number of sulfonamides is 1. The number of nitrogens with one attached hydrogen (secondary N) is 1. The second kappa shape index (κ2) is 8.88. The zero-order chi connectivity index (χ0) is 24.7. The van der Waals surface area contributed by atoms with Crippen molar-refractivity contribution in [3.05, 3.63) is 77.9 Å². The number of aliphatic hydroxyl groups excluding tert-OH is 1. The van der Waals surface area contributed by atoms with Gasteiger partial charge in [0.25, 0.3) is 0 Å². The molecule has 4 rings (SSSR count). The molecule has 3 aromatic rings. The van der Waals surface area contributed by atoms with Gasteiger partial charge in [-0.05, 0) is 42.0 Å². The maximum absolute atomic E-state index is 13.9. The van der Waals surface area contributed by atoms with Crippen LogP contribution in [0.1, 0.15) is 30.2 Å². The predicted octanol–water partition coefficient (Wildman–Crippen LogP) is 4.99. The molecule has 34 heavy (non-hydrogen) atoms. The van der Waals surface area contributed by atoms with Gasteiger partial charge in [0, 0.05) is 34.9 Å². The number of ether oxygens (including phenoxy) is 1. The van der Waals surface area contributed by atoms with Crippen molar-refractivity contribution < 1.29 is 35.8 Å². The van der Waals surface area contributed by atoms with E-state index >= 15 is 0 Å². The third-order valence-electron chi connectivity index (χ3n) is 5.81. The highest BCUT2D eigenvalue weighted by Gasteiger charge is 2.46. The number of fused-ring (bicyclic) bond motifs is 1. The van der Waals surface area contributed by atoms with E-state index < -0.39 is 33.1 Å². The molecule has 2 heterocycles. The molecule has 0 bridgehead atoms. The van der Waals surface area contributed by atoms with Crippen molar-refractivity contribution >= 4 is 15.7 Å². The molecule has 0 spiro atoms. The first kappa shape index (κ1) is 24.0. The number of aliphatic hydroxyl groups is 1. The molecule has 0 unspecified atom stereocenters. The van der Waals surface area contributed by atoms with E-state index in [4.69, 9.17) is 4.74 Å². The number of pyridine rings is 1. The highest BCUT2D eigenvalue weighted by molar-refractivity contribution is 7.93. The van der Waals surface area contributed by atoms with E-state index in [2.05, 4.69) is 4.98 Å². The minimum Gasteiger partial charge on any atom is -0.493 e. The number of rotatable bonds is 5. The zero-order valence-electron chi connectivity index (χ0n) is 17.8. The van der Waals surface area contributed by atoms with Gasteiger partial charge in [-0.3, -0.25) is 9.71 Å². The fraction of sp³-hybridized carbons (Fsp3) is 0.261. The van der Waals surface area contributed by atoms with Crippen LogP contribution in [-0.2, 0) is 10.0 Å². The largest absolute Gasteiger partial charge is 0.516 e. The first-order valence-electron chi connectivity index (χ1n) is 10.2. The van der Waals surface area contributed by atoms with Gasteiger partial charge in [-0.25, -0.2) is 4.39 Å². The fourth-order valence-electron chi connectivity index (χ4n) is 3.91. The van der Waals surface area contributed by atoms with E-state index in [0.717, 1.165) is 23.9 Å². The Balaban J connectivity index is 1.67. The van der Waals surface area contributed by atoms with E-state index in [1.165, 1.54) is 22.9 Å². The molecule has 0 saturated heterocycles. The molecular weight excluding hydrogens is 476 g/mol.